The second-order valence-corrected chi connectivity index (χ2v) is 4.14. The topological polar surface area (TPSA) is 56.7 Å². The minimum Gasteiger partial charge on any atom is -0.328 e. The van der Waals surface area contributed by atoms with Gasteiger partial charge in [0, 0.05) is 6.04 Å². The molecule has 2 aromatic rings. The van der Waals surface area contributed by atoms with Gasteiger partial charge in [0.25, 0.3) is 0 Å². The molecule has 0 aliphatic rings. The summed E-state index contributed by atoms with van der Waals surface area (Å²) in [6.07, 6.45) is 4.12. The van der Waals surface area contributed by atoms with Crippen molar-refractivity contribution < 1.29 is 0 Å². The molecule has 0 fully saturated rings. The van der Waals surface area contributed by atoms with E-state index in [9.17, 15) is 0 Å². The summed E-state index contributed by atoms with van der Waals surface area (Å²) in [6.45, 7) is 4.07. The Morgan fingerprint density at radius 1 is 1.44 bits per heavy atom. The number of benzene rings is 1. The van der Waals surface area contributed by atoms with Crippen LogP contribution in [-0.2, 0) is 6.42 Å². The van der Waals surface area contributed by atoms with Crippen molar-refractivity contribution in [1.82, 2.24) is 14.8 Å². The standard InChI is InChI=1S/C12H16N4/c1-9-3-4-11(5-10(2)13)6-12(9)16-8-14-7-15-16/h3-4,6-8,10H,5,13H2,1-2H3. The fraction of sp³-hybridized carbons (Fsp3) is 0.333. The molecule has 84 valence electrons. The van der Waals surface area contributed by atoms with E-state index >= 15 is 0 Å². The van der Waals surface area contributed by atoms with Gasteiger partial charge in [-0.1, -0.05) is 12.1 Å². The van der Waals surface area contributed by atoms with Crippen molar-refractivity contribution in [2.75, 3.05) is 0 Å². The molecular weight excluding hydrogens is 200 g/mol. The molecule has 1 aromatic heterocycles. The van der Waals surface area contributed by atoms with Crippen molar-refractivity contribution in [3.8, 4) is 5.69 Å². The van der Waals surface area contributed by atoms with E-state index in [4.69, 9.17) is 5.73 Å². The summed E-state index contributed by atoms with van der Waals surface area (Å²) in [5.41, 5.74) is 9.27. The van der Waals surface area contributed by atoms with E-state index in [1.807, 2.05) is 6.92 Å². The van der Waals surface area contributed by atoms with Gasteiger partial charge in [0.1, 0.15) is 12.7 Å². The number of aryl methyl sites for hydroxylation is 1. The molecule has 2 rings (SSSR count). The lowest BCUT2D eigenvalue weighted by Gasteiger charge is -2.10. The van der Waals surface area contributed by atoms with Crippen LogP contribution in [0.3, 0.4) is 0 Å². The molecular formula is C12H16N4. The van der Waals surface area contributed by atoms with Crippen LogP contribution in [0.2, 0.25) is 0 Å². The van der Waals surface area contributed by atoms with Crippen LogP contribution in [0.4, 0.5) is 0 Å². The highest BCUT2D eigenvalue weighted by molar-refractivity contribution is 5.42. The number of aromatic nitrogens is 3. The SMILES string of the molecule is Cc1ccc(CC(C)N)cc1-n1cncn1. The summed E-state index contributed by atoms with van der Waals surface area (Å²) < 4.78 is 1.78. The van der Waals surface area contributed by atoms with E-state index in [2.05, 4.69) is 35.2 Å². The van der Waals surface area contributed by atoms with E-state index in [-0.39, 0.29) is 6.04 Å². The Morgan fingerprint density at radius 3 is 2.88 bits per heavy atom. The van der Waals surface area contributed by atoms with E-state index in [0.29, 0.717) is 0 Å². The Balaban J connectivity index is 2.37. The summed E-state index contributed by atoms with van der Waals surface area (Å²) in [6, 6.07) is 6.49. The molecule has 2 N–H and O–H groups in total. The Bertz CT molecular complexity index is 460. The average Bonchev–Trinajstić information content (AvgIpc) is 2.73. The second-order valence-electron chi connectivity index (χ2n) is 4.14. The highest BCUT2D eigenvalue weighted by atomic mass is 15.3. The van der Waals surface area contributed by atoms with Crippen LogP contribution in [0, 0.1) is 6.92 Å². The second kappa shape index (κ2) is 4.45. The molecule has 0 radical (unpaired) electrons. The Morgan fingerprint density at radius 2 is 2.25 bits per heavy atom. The summed E-state index contributed by atoms with van der Waals surface area (Å²) in [5.74, 6) is 0. The smallest absolute Gasteiger partial charge is 0.138 e. The first-order valence-corrected chi connectivity index (χ1v) is 5.37. The van der Waals surface area contributed by atoms with Gasteiger partial charge >= 0.3 is 0 Å². The van der Waals surface area contributed by atoms with E-state index in [0.717, 1.165) is 12.1 Å². The molecule has 0 bridgehead atoms. The van der Waals surface area contributed by atoms with Crippen molar-refractivity contribution in [2.45, 2.75) is 26.3 Å². The highest BCUT2D eigenvalue weighted by Gasteiger charge is 2.04. The lowest BCUT2D eigenvalue weighted by molar-refractivity contribution is 0.736. The van der Waals surface area contributed by atoms with Crippen molar-refractivity contribution in [3.63, 3.8) is 0 Å². The summed E-state index contributed by atoms with van der Waals surface area (Å²) in [4.78, 5) is 3.96. The predicted octanol–water partition coefficient (Wildman–Crippen LogP) is 1.47. The van der Waals surface area contributed by atoms with Gasteiger partial charge in [0.05, 0.1) is 5.69 Å². The maximum Gasteiger partial charge on any atom is 0.138 e. The molecule has 0 amide bonds. The maximum atomic E-state index is 5.80. The highest BCUT2D eigenvalue weighted by Crippen LogP contribution is 2.15. The lowest BCUT2D eigenvalue weighted by Crippen LogP contribution is -2.18. The zero-order valence-electron chi connectivity index (χ0n) is 9.59. The number of hydrogen-bond donors (Lipinski definition) is 1. The summed E-state index contributed by atoms with van der Waals surface area (Å²) in [7, 11) is 0. The number of nitrogens with zero attached hydrogens (tertiary/aromatic N) is 3. The Labute approximate surface area is 95.1 Å². The molecule has 1 atom stereocenters. The van der Waals surface area contributed by atoms with Crippen LogP contribution in [-0.4, -0.2) is 20.8 Å². The van der Waals surface area contributed by atoms with E-state index < -0.39 is 0 Å². The zero-order chi connectivity index (χ0) is 11.5. The molecule has 4 heteroatoms. The summed E-state index contributed by atoms with van der Waals surface area (Å²) in [5, 5.41) is 4.14. The third-order valence-corrected chi connectivity index (χ3v) is 2.50. The number of nitrogens with two attached hydrogens (primary N) is 1. The van der Waals surface area contributed by atoms with Gasteiger partial charge in [0.15, 0.2) is 0 Å². The molecule has 0 saturated heterocycles. The molecule has 0 aliphatic carbocycles. The van der Waals surface area contributed by atoms with Crippen LogP contribution >= 0.6 is 0 Å². The van der Waals surface area contributed by atoms with Gasteiger partial charge in [-0.25, -0.2) is 9.67 Å². The van der Waals surface area contributed by atoms with Crippen LogP contribution in [0.15, 0.2) is 30.9 Å². The first-order chi connectivity index (χ1) is 7.66. The molecule has 0 saturated carbocycles. The lowest BCUT2D eigenvalue weighted by atomic mass is 10.0. The van der Waals surface area contributed by atoms with Crippen LogP contribution in [0.1, 0.15) is 18.1 Å². The molecule has 1 aromatic carbocycles. The summed E-state index contributed by atoms with van der Waals surface area (Å²) >= 11 is 0. The predicted molar refractivity (Wildman–Crippen MR) is 63.4 cm³/mol. The first kappa shape index (κ1) is 10.8. The van der Waals surface area contributed by atoms with Gasteiger partial charge in [-0.15, -0.1) is 0 Å². The molecule has 0 aliphatic heterocycles. The number of hydrogen-bond acceptors (Lipinski definition) is 3. The van der Waals surface area contributed by atoms with Crippen molar-refractivity contribution in [3.05, 3.63) is 42.0 Å². The molecule has 16 heavy (non-hydrogen) atoms. The van der Waals surface area contributed by atoms with Gasteiger partial charge in [-0.2, -0.15) is 5.10 Å². The van der Waals surface area contributed by atoms with Gasteiger partial charge < -0.3 is 5.73 Å². The van der Waals surface area contributed by atoms with Crippen molar-refractivity contribution in [2.24, 2.45) is 5.73 Å². The van der Waals surface area contributed by atoms with Crippen LogP contribution in [0.5, 0.6) is 0 Å². The Hall–Kier alpha value is -1.68. The first-order valence-electron chi connectivity index (χ1n) is 5.37. The molecule has 4 nitrogen and oxygen atoms in total. The third kappa shape index (κ3) is 2.28. The molecule has 0 spiro atoms. The quantitative estimate of drug-likeness (QED) is 0.845. The number of rotatable bonds is 3. The maximum absolute atomic E-state index is 5.80. The minimum atomic E-state index is 0.173. The average molecular weight is 216 g/mol. The minimum absolute atomic E-state index is 0.173. The largest absolute Gasteiger partial charge is 0.328 e. The molecule has 1 heterocycles. The fourth-order valence-electron chi connectivity index (χ4n) is 1.73. The van der Waals surface area contributed by atoms with E-state index in [1.54, 1.807) is 11.0 Å². The van der Waals surface area contributed by atoms with Gasteiger partial charge in [-0.05, 0) is 37.5 Å². The van der Waals surface area contributed by atoms with Crippen molar-refractivity contribution >= 4 is 0 Å². The zero-order valence-corrected chi connectivity index (χ0v) is 9.59. The molecule has 1 unspecified atom stereocenters. The normalized spacial score (nSPS) is 12.7. The van der Waals surface area contributed by atoms with Crippen molar-refractivity contribution in [1.29, 1.82) is 0 Å². The monoisotopic (exact) mass is 216 g/mol. The van der Waals surface area contributed by atoms with Crippen LogP contribution < -0.4 is 5.73 Å². The van der Waals surface area contributed by atoms with Crippen LogP contribution in [0.25, 0.3) is 5.69 Å². The van der Waals surface area contributed by atoms with Gasteiger partial charge in [-0.3, -0.25) is 0 Å². The Kier molecular flexibility index (Phi) is 3.01. The van der Waals surface area contributed by atoms with Gasteiger partial charge in [0.2, 0.25) is 0 Å². The van der Waals surface area contributed by atoms with E-state index in [1.165, 1.54) is 17.5 Å². The fourth-order valence-corrected chi connectivity index (χ4v) is 1.73. The third-order valence-electron chi connectivity index (χ3n) is 2.50.